The van der Waals surface area contributed by atoms with Gasteiger partial charge >= 0.3 is 12.2 Å². The van der Waals surface area contributed by atoms with Gasteiger partial charge in [0, 0.05) is 7.05 Å². The Morgan fingerprint density at radius 1 is 1.30 bits per heavy atom. The number of rotatable bonds is 3. The molecule has 1 fully saturated rings. The number of carbonyl (C=O) groups excluding carboxylic acids is 2. The van der Waals surface area contributed by atoms with Gasteiger partial charge in [-0.2, -0.15) is 13.2 Å². The zero-order chi connectivity index (χ0) is 20.0. The summed E-state index contributed by atoms with van der Waals surface area (Å²) in [6.07, 6.45) is -5.33. The van der Waals surface area contributed by atoms with Crippen molar-refractivity contribution in [3.8, 4) is 0 Å². The van der Waals surface area contributed by atoms with Crippen LogP contribution in [-0.4, -0.2) is 40.8 Å². The largest absolute Gasteiger partial charge is 0.437 e. The minimum atomic E-state index is -5.33. The minimum absolute atomic E-state index is 0.0198. The molecule has 0 aliphatic carbocycles. The number of alkyl halides is 3. The summed E-state index contributed by atoms with van der Waals surface area (Å²) in [5, 5.41) is 14.4. The zero-order valence-electron chi connectivity index (χ0n) is 13.8. The predicted molar refractivity (Wildman–Crippen MR) is 88.6 cm³/mol. The summed E-state index contributed by atoms with van der Waals surface area (Å²) in [6, 6.07) is 4.51. The molecule has 1 saturated heterocycles. The van der Waals surface area contributed by atoms with Crippen LogP contribution >= 0.6 is 11.3 Å². The number of thiophene rings is 1. The van der Waals surface area contributed by atoms with Crippen LogP contribution in [0.2, 0.25) is 0 Å². The molecular formula is C17H14F4N2O3S. The van der Waals surface area contributed by atoms with Gasteiger partial charge in [-0.3, -0.25) is 9.69 Å². The van der Waals surface area contributed by atoms with Crippen molar-refractivity contribution in [3.05, 3.63) is 58.0 Å². The Bertz CT molecular complexity index is 871. The molecule has 2 N–H and O–H groups in total. The third-order valence-corrected chi connectivity index (χ3v) is 5.42. The standard InChI is InChI=1S/C17H14F4N2O3S/c1-23-15(25)22-13(9-4-2-5-10(18)8-9)12(16(23,26)17(19,20)21)14(24)11-6-3-7-27-11/h2-8,12-13,26H,1H3,(H,22,25)/t12-,13-,16+/m1/s1. The Morgan fingerprint density at radius 3 is 2.56 bits per heavy atom. The van der Waals surface area contributed by atoms with E-state index < -0.39 is 41.5 Å². The quantitative estimate of drug-likeness (QED) is 0.611. The molecule has 0 bridgehead atoms. The molecule has 0 radical (unpaired) electrons. The predicted octanol–water partition coefficient (Wildman–Crippen LogP) is 3.33. The first kappa shape index (κ1) is 19.3. The molecule has 0 spiro atoms. The van der Waals surface area contributed by atoms with Gasteiger partial charge < -0.3 is 10.4 Å². The Hall–Kier alpha value is -2.46. The molecule has 2 amide bonds. The number of carbonyl (C=O) groups is 2. The van der Waals surface area contributed by atoms with Crippen molar-refractivity contribution in [3.63, 3.8) is 0 Å². The number of Topliss-reactive ketones (excluding diaryl/α,β-unsaturated/α-hetero) is 1. The third kappa shape index (κ3) is 3.08. The average molecular weight is 402 g/mol. The number of aliphatic hydroxyl groups is 1. The van der Waals surface area contributed by atoms with E-state index in [1.54, 1.807) is 0 Å². The third-order valence-electron chi connectivity index (χ3n) is 4.53. The van der Waals surface area contributed by atoms with Gasteiger partial charge in [-0.05, 0) is 29.1 Å². The average Bonchev–Trinajstić information content (AvgIpc) is 3.12. The molecular weight excluding hydrogens is 388 g/mol. The highest BCUT2D eigenvalue weighted by Gasteiger charge is 2.69. The number of amides is 2. The van der Waals surface area contributed by atoms with Gasteiger partial charge in [0.15, 0.2) is 5.78 Å². The van der Waals surface area contributed by atoms with Gasteiger partial charge in [-0.15, -0.1) is 11.3 Å². The highest BCUT2D eigenvalue weighted by Crippen LogP contribution is 2.47. The first-order valence-electron chi connectivity index (χ1n) is 7.74. The van der Waals surface area contributed by atoms with Crippen LogP contribution in [0.1, 0.15) is 21.3 Å². The number of nitrogens with zero attached hydrogens (tertiary/aromatic N) is 1. The maximum atomic E-state index is 13.9. The molecule has 1 aromatic carbocycles. The summed E-state index contributed by atoms with van der Waals surface area (Å²) in [5.74, 6) is -3.90. The van der Waals surface area contributed by atoms with E-state index in [9.17, 15) is 32.3 Å². The zero-order valence-corrected chi connectivity index (χ0v) is 14.6. The molecule has 10 heteroatoms. The first-order valence-corrected chi connectivity index (χ1v) is 8.62. The van der Waals surface area contributed by atoms with Crippen molar-refractivity contribution in [2.24, 2.45) is 5.92 Å². The molecule has 2 aromatic rings. The van der Waals surface area contributed by atoms with Crippen molar-refractivity contribution < 1.29 is 32.3 Å². The van der Waals surface area contributed by atoms with Gasteiger partial charge in [0.2, 0.25) is 0 Å². The lowest BCUT2D eigenvalue weighted by Gasteiger charge is -2.49. The second kappa shape index (κ2) is 6.61. The number of nitrogens with one attached hydrogen (secondary N) is 1. The Balaban J connectivity index is 2.21. The monoisotopic (exact) mass is 402 g/mol. The van der Waals surface area contributed by atoms with E-state index in [1.165, 1.54) is 29.6 Å². The summed E-state index contributed by atoms with van der Waals surface area (Å²) >= 11 is 0.905. The molecule has 0 saturated carbocycles. The Morgan fingerprint density at radius 2 is 2.00 bits per heavy atom. The highest BCUT2D eigenvalue weighted by atomic mass is 32.1. The number of urea groups is 1. The fraction of sp³-hybridized carbons (Fsp3) is 0.294. The summed E-state index contributed by atoms with van der Waals surface area (Å²) in [5.41, 5.74) is -3.83. The Labute approximate surface area is 155 Å². The lowest BCUT2D eigenvalue weighted by molar-refractivity contribution is -0.322. The molecule has 5 nitrogen and oxygen atoms in total. The molecule has 0 unspecified atom stereocenters. The van der Waals surface area contributed by atoms with E-state index in [0.717, 1.165) is 30.5 Å². The molecule has 27 heavy (non-hydrogen) atoms. The van der Waals surface area contributed by atoms with Crippen molar-refractivity contribution in [2.75, 3.05) is 7.05 Å². The number of hydrogen-bond donors (Lipinski definition) is 2. The number of ketones is 1. The second-order valence-electron chi connectivity index (χ2n) is 6.08. The summed E-state index contributed by atoms with van der Waals surface area (Å²) in [6.45, 7) is 0. The van der Waals surface area contributed by atoms with Gasteiger partial charge in [-0.25, -0.2) is 9.18 Å². The van der Waals surface area contributed by atoms with Crippen molar-refractivity contribution in [2.45, 2.75) is 17.9 Å². The van der Waals surface area contributed by atoms with Crippen LogP contribution in [0.5, 0.6) is 0 Å². The normalized spacial score (nSPS) is 26.0. The van der Waals surface area contributed by atoms with Crippen LogP contribution in [0.3, 0.4) is 0 Å². The maximum Gasteiger partial charge on any atom is 0.437 e. The molecule has 1 aromatic heterocycles. The summed E-state index contributed by atoms with van der Waals surface area (Å²) in [4.78, 5) is 25.1. The van der Waals surface area contributed by atoms with E-state index in [0.29, 0.717) is 0 Å². The number of benzene rings is 1. The van der Waals surface area contributed by atoms with Crippen LogP contribution in [0, 0.1) is 11.7 Å². The first-order chi connectivity index (χ1) is 12.6. The molecule has 1 aliphatic heterocycles. The van der Waals surface area contributed by atoms with Gasteiger partial charge in [0.25, 0.3) is 5.72 Å². The van der Waals surface area contributed by atoms with Crippen LogP contribution in [0.15, 0.2) is 41.8 Å². The van der Waals surface area contributed by atoms with Gasteiger partial charge in [0.1, 0.15) is 11.7 Å². The fourth-order valence-electron chi connectivity index (χ4n) is 3.16. The highest BCUT2D eigenvalue weighted by molar-refractivity contribution is 7.12. The smallest absolute Gasteiger partial charge is 0.363 e. The molecule has 144 valence electrons. The fourth-order valence-corrected chi connectivity index (χ4v) is 3.86. The summed E-state index contributed by atoms with van der Waals surface area (Å²) in [7, 11) is 0.749. The lowest BCUT2D eigenvalue weighted by Crippen LogP contribution is -2.72. The number of halogens is 4. The van der Waals surface area contributed by atoms with Crippen molar-refractivity contribution >= 4 is 23.2 Å². The molecule has 2 heterocycles. The topological polar surface area (TPSA) is 69.6 Å². The van der Waals surface area contributed by atoms with E-state index in [2.05, 4.69) is 5.32 Å². The van der Waals surface area contributed by atoms with Gasteiger partial charge in [-0.1, -0.05) is 18.2 Å². The van der Waals surface area contributed by atoms with E-state index in [-0.39, 0.29) is 15.3 Å². The van der Waals surface area contributed by atoms with Crippen LogP contribution in [0.4, 0.5) is 22.4 Å². The minimum Gasteiger partial charge on any atom is -0.363 e. The van der Waals surface area contributed by atoms with E-state index in [4.69, 9.17) is 0 Å². The van der Waals surface area contributed by atoms with Crippen LogP contribution in [-0.2, 0) is 0 Å². The second-order valence-corrected chi connectivity index (χ2v) is 7.03. The van der Waals surface area contributed by atoms with E-state index >= 15 is 0 Å². The summed E-state index contributed by atoms with van der Waals surface area (Å²) < 4.78 is 55.3. The maximum absolute atomic E-state index is 13.9. The van der Waals surface area contributed by atoms with Crippen LogP contribution in [0.25, 0.3) is 0 Å². The SMILES string of the molecule is CN1C(=O)N[C@H](c2cccc(F)c2)[C@H](C(=O)c2cccs2)[C@]1(O)C(F)(F)F. The lowest BCUT2D eigenvalue weighted by atomic mass is 9.78. The molecule has 3 atom stereocenters. The molecule has 3 rings (SSSR count). The number of hydrogen-bond acceptors (Lipinski definition) is 4. The molecule has 1 aliphatic rings. The van der Waals surface area contributed by atoms with Gasteiger partial charge in [0.05, 0.1) is 10.9 Å². The van der Waals surface area contributed by atoms with Crippen LogP contribution < -0.4 is 5.32 Å². The van der Waals surface area contributed by atoms with Crippen molar-refractivity contribution in [1.82, 2.24) is 10.2 Å². The van der Waals surface area contributed by atoms with Crippen molar-refractivity contribution in [1.29, 1.82) is 0 Å². The van der Waals surface area contributed by atoms with E-state index in [1.807, 2.05) is 0 Å². The Kier molecular flexibility index (Phi) is 4.73.